The lowest BCUT2D eigenvalue weighted by Crippen LogP contribution is -2.14. The molecule has 0 unspecified atom stereocenters. The van der Waals surface area contributed by atoms with E-state index in [1.807, 2.05) is 0 Å². The Morgan fingerprint density at radius 2 is 2.05 bits per heavy atom. The summed E-state index contributed by atoms with van der Waals surface area (Å²) in [6.45, 7) is 3.31. The second kappa shape index (κ2) is 4.93. The maximum atomic E-state index is 12.0. The van der Waals surface area contributed by atoms with Crippen molar-refractivity contribution in [1.82, 2.24) is 5.16 Å². The Morgan fingerprint density at radius 3 is 2.63 bits per heavy atom. The highest BCUT2D eigenvalue weighted by Crippen LogP contribution is 2.16. The molecule has 0 spiro atoms. The van der Waals surface area contributed by atoms with Crippen molar-refractivity contribution >= 4 is 17.6 Å². The van der Waals surface area contributed by atoms with E-state index in [0.29, 0.717) is 22.7 Å². The molecule has 0 atom stereocenters. The summed E-state index contributed by atoms with van der Waals surface area (Å²) in [6, 6.07) is 6.02. The van der Waals surface area contributed by atoms with Crippen LogP contribution in [0.1, 0.15) is 32.2 Å². The number of anilines is 1. The lowest BCUT2D eigenvalue weighted by molar-refractivity contribution is 0.0696. The summed E-state index contributed by atoms with van der Waals surface area (Å²) in [6.07, 6.45) is 0. The van der Waals surface area contributed by atoms with Crippen LogP contribution >= 0.6 is 0 Å². The average Bonchev–Trinajstić information content (AvgIpc) is 2.69. The second-order valence-electron chi connectivity index (χ2n) is 4.04. The van der Waals surface area contributed by atoms with Gasteiger partial charge < -0.3 is 14.9 Å². The van der Waals surface area contributed by atoms with Crippen LogP contribution < -0.4 is 5.32 Å². The van der Waals surface area contributed by atoms with Gasteiger partial charge in [-0.2, -0.15) is 0 Å². The smallest absolute Gasteiger partial charge is 0.335 e. The maximum Gasteiger partial charge on any atom is 0.335 e. The van der Waals surface area contributed by atoms with Crippen LogP contribution in [0.15, 0.2) is 28.8 Å². The van der Waals surface area contributed by atoms with Crippen molar-refractivity contribution < 1.29 is 19.2 Å². The third kappa shape index (κ3) is 2.62. The van der Waals surface area contributed by atoms with Gasteiger partial charge in [0.25, 0.3) is 5.91 Å². The van der Waals surface area contributed by atoms with Crippen LogP contribution in [0.3, 0.4) is 0 Å². The molecule has 0 bridgehead atoms. The molecule has 2 aromatic rings. The lowest BCUT2D eigenvalue weighted by atomic mass is 10.1. The summed E-state index contributed by atoms with van der Waals surface area (Å²) in [7, 11) is 0. The van der Waals surface area contributed by atoms with Crippen LogP contribution in [-0.2, 0) is 0 Å². The number of carboxylic acids is 1. The first-order chi connectivity index (χ1) is 8.99. The summed E-state index contributed by atoms with van der Waals surface area (Å²) in [5, 5.41) is 15.2. The summed E-state index contributed by atoms with van der Waals surface area (Å²) < 4.78 is 4.91. The molecule has 1 aromatic heterocycles. The molecule has 1 aromatic carbocycles. The predicted molar refractivity (Wildman–Crippen MR) is 67.3 cm³/mol. The van der Waals surface area contributed by atoms with Crippen molar-refractivity contribution in [1.29, 1.82) is 0 Å². The Hall–Kier alpha value is -2.63. The second-order valence-corrected chi connectivity index (χ2v) is 4.04. The van der Waals surface area contributed by atoms with Crippen LogP contribution in [0.25, 0.3) is 0 Å². The van der Waals surface area contributed by atoms with Gasteiger partial charge in [-0.15, -0.1) is 0 Å². The summed E-state index contributed by atoms with van der Waals surface area (Å²) in [5.74, 6) is -1.00. The van der Waals surface area contributed by atoms with E-state index in [2.05, 4.69) is 10.5 Å². The molecule has 0 aliphatic carbocycles. The van der Waals surface area contributed by atoms with E-state index in [-0.39, 0.29) is 11.5 Å². The molecule has 0 fully saturated rings. The molecule has 0 saturated carbocycles. The SMILES string of the molecule is Cc1noc(C)c1C(=O)Nc1cccc(C(=O)O)c1. The fraction of sp³-hybridized carbons (Fsp3) is 0.154. The highest BCUT2D eigenvalue weighted by Gasteiger charge is 2.17. The number of nitrogens with one attached hydrogen (secondary N) is 1. The molecule has 0 aliphatic rings. The molecule has 6 heteroatoms. The third-order valence-corrected chi connectivity index (χ3v) is 2.63. The van der Waals surface area contributed by atoms with E-state index < -0.39 is 5.97 Å². The normalized spacial score (nSPS) is 10.2. The predicted octanol–water partition coefficient (Wildman–Crippen LogP) is 2.24. The van der Waals surface area contributed by atoms with Gasteiger partial charge in [0.15, 0.2) is 0 Å². The largest absolute Gasteiger partial charge is 0.478 e. The van der Waals surface area contributed by atoms with Crippen LogP contribution in [0.5, 0.6) is 0 Å². The first-order valence-corrected chi connectivity index (χ1v) is 5.56. The molecule has 0 aliphatic heterocycles. The van der Waals surface area contributed by atoms with Crippen molar-refractivity contribution in [3.05, 3.63) is 46.8 Å². The molecule has 0 radical (unpaired) electrons. The van der Waals surface area contributed by atoms with E-state index in [4.69, 9.17) is 9.63 Å². The monoisotopic (exact) mass is 260 g/mol. The van der Waals surface area contributed by atoms with E-state index in [0.717, 1.165) is 0 Å². The van der Waals surface area contributed by atoms with Gasteiger partial charge in [-0.1, -0.05) is 11.2 Å². The number of aromatic nitrogens is 1. The molecule has 19 heavy (non-hydrogen) atoms. The molecule has 1 heterocycles. The summed E-state index contributed by atoms with van der Waals surface area (Å²) >= 11 is 0. The zero-order valence-electron chi connectivity index (χ0n) is 10.4. The number of nitrogens with zero attached hydrogens (tertiary/aromatic N) is 1. The lowest BCUT2D eigenvalue weighted by Gasteiger charge is -2.05. The Labute approximate surface area is 109 Å². The Kier molecular flexibility index (Phi) is 3.33. The number of carboxylic acid groups (broad SMARTS) is 1. The van der Waals surface area contributed by atoms with E-state index >= 15 is 0 Å². The zero-order chi connectivity index (χ0) is 14.0. The van der Waals surface area contributed by atoms with Crippen molar-refractivity contribution in [3.63, 3.8) is 0 Å². The fourth-order valence-electron chi connectivity index (χ4n) is 1.73. The minimum Gasteiger partial charge on any atom is -0.478 e. The minimum absolute atomic E-state index is 0.108. The van der Waals surface area contributed by atoms with E-state index in [1.165, 1.54) is 12.1 Å². The van der Waals surface area contributed by atoms with Gasteiger partial charge in [-0.25, -0.2) is 4.79 Å². The highest BCUT2D eigenvalue weighted by molar-refractivity contribution is 6.06. The fourth-order valence-corrected chi connectivity index (χ4v) is 1.73. The number of carbonyl (C=O) groups is 2. The highest BCUT2D eigenvalue weighted by atomic mass is 16.5. The van der Waals surface area contributed by atoms with E-state index in [9.17, 15) is 9.59 Å². The van der Waals surface area contributed by atoms with Gasteiger partial charge in [0, 0.05) is 5.69 Å². The molecule has 2 rings (SSSR count). The van der Waals surface area contributed by atoms with Crippen molar-refractivity contribution in [2.24, 2.45) is 0 Å². The molecule has 2 N–H and O–H groups in total. The first kappa shape index (κ1) is 12.8. The number of aromatic carboxylic acids is 1. The summed E-state index contributed by atoms with van der Waals surface area (Å²) in [5.41, 5.74) is 1.37. The quantitative estimate of drug-likeness (QED) is 0.882. The van der Waals surface area contributed by atoms with Crippen LogP contribution in [-0.4, -0.2) is 22.1 Å². The number of carbonyl (C=O) groups excluding carboxylic acids is 1. The van der Waals surface area contributed by atoms with Gasteiger partial charge in [0.2, 0.25) is 0 Å². The Bertz CT molecular complexity index is 626. The topological polar surface area (TPSA) is 92.4 Å². The van der Waals surface area contributed by atoms with Crippen molar-refractivity contribution in [2.45, 2.75) is 13.8 Å². The third-order valence-electron chi connectivity index (χ3n) is 2.63. The average molecular weight is 260 g/mol. The minimum atomic E-state index is -1.05. The van der Waals surface area contributed by atoms with Crippen LogP contribution in [0.4, 0.5) is 5.69 Å². The van der Waals surface area contributed by atoms with E-state index in [1.54, 1.807) is 26.0 Å². The first-order valence-electron chi connectivity index (χ1n) is 5.56. The van der Waals surface area contributed by atoms with Crippen molar-refractivity contribution in [2.75, 3.05) is 5.32 Å². The molecule has 98 valence electrons. The van der Waals surface area contributed by atoms with Gasteiger partial charge in [0.05, 0.1) is 11.3 Å². The molecule has 1 amide bonds. The molecule has 6 nitrogen and oxygen atoms in total. The van der Waals surface area contributed by atoms with Gasteiger partial charge in [-0.05, 0) is 32.0 Å². The van der Waals surface area contributed by atoms with Crippen LogP contribution in [0, 0.1) is 13.8 Å². The maximum absolute atomic E-state index is 12.0. The molecular formula is C13H12N2O4. The molecule has 0 saturated heterocycles. The van der Waals surface area contributed by atoms with Crippen molar-refractivity contribution in [3.8, 4) is 0 Å². The number of amides is 1. The van der Waals surface area contributed by atoms with Gasteiger partial charge in [0.1, 0.15) is 11.3 Å². The zero-order valence-corrected chi connectivity index (χ0v) is 10.4. The van der Waals surface area contributed by atoms with Crippen LogP contribution in [0.2, 0.25) is 0 Å². The number of hydrogen-bond donors (Lipinski definition) is 2. The number of rotatable bonds is 3. The van der Waals surface area contributed by atoms with Gasteiger partial charge >= 0.3 is 5.97 Å². The molecular weight excluding hydrogens is 248 g/mol. The standard InChI is InChI=1S/C13H12N2O4/c1-7-11(8(2)19-15-7)12(16)14-10-5-3-4-9(6-10)13(17)18/h3-6H,1-2H3,(H,14,16)(H,17,18). The summed E-state index contributed by atoms with van der Waals surface area (Å²) in [4.78, 5) is 22.9. The Balaban J connectivity index is 2.24. The Morgan fingerprint density at radius 1 is 1.32 bits per heavy atom. The number of hydrogen-bond acceptors (Lipinski definition) is 4. The number of aryl methyl sites for hydroxylation is 2. The number of benzene rings is 1. The van der Waals surface area contributed by atoms with Gasteiger partial charge in [-0.3, -0.25) is 4.79 Å².